The van der Waals surface area contributed by atoms with Crippen LogP contribution in [0.25, 0.3) is 32.3 Å². The Morgan fingerprint density at radius 1 is 0.301 bits per heavy atom. The molecule has 0 bridgehead atoms. The van der Waals surface area contributed by atoms with Crippen LogP contribution in [0.2, 0.25) is 0 Å². The van der Waals surface area contributed by atoms with Crippen LogP contribution in [0, 0.1) is 17.8 Å². The maximum absolute atomic E-state index is 13.7. The van der Waals surface area contributed by atoms with Crippen LogP contribution >= 0.6 is 0 Å². The zero-order valence-corrected chi connectivity index (χ0v) is 55.3. The van der Waals surface area contributed by atoms with E-state index in [1.54, 1.807) is 0 Å². The Balaban J connectivity index is 0.958. The number of nitrogens with one attached hydrogen (secondary N) is 6. The molecule has 12 nitrogen and oxygen atoms in total. The highest BCUT2D eigenvalue weighted by molar-refractivity contribution is 5.92. The average Bonchev–Trinajstić information content (AvgIpc) is 0.779. The van der Waals surface area contributed by atoms with Crippen LogP contribution in [0.4, 0.5) is 31.4 Å². The van der Waals surface area contributed by atoms with Crippen LogP contribution in [0.15, 0.2) is 200 Å². The molecule has 12 heteroatoms. The molecule has 0 saturated heterocycles. The molecule has 10 aromatic carbocycles. The summed E-state index contributed by atoms with van der Waals surface area (Å²) in [4.78, 5) is 41.0. The van der Waals surface area contributed by atoms with Crippen LogP contribution in [0.3, 0.4) is 0 Å². The number of rotatable bonds is 27. The van der Waals surface area contributed by atoms with Gasteiger partial charge in [0.05, 0.1) is 18.1 Å². The van der Waals surface area contributed by atoms with Gasteiger partial charge in [-0.1, -0.05) is 169 Å². The summed E-state index contributed by atoms with van der Waals surface area (Å²) in [6, 6.07) is 64.5. The quantitative estimate of drug-likeness (QED) is 0.0302. The first kappa shape index (κ1) is 66.1. The third-order valence-corrected chi connectivity index (χ3v) is 17.4. The molecule has 0 fully saturated rings. The average molecular weight is 1240 g/mol. The van der Waals surface area contributed by atoms with Gasteiger partial charge in [0.25, 0.3) is 0 Å². The van der Waals surface area contributed by atoms with Crippen molar-refractivity contribution in [2.75, 3.05) is 16.0 Å². The maximum Gasteiger partial charge on any atom is 0.319 e. The fraction of sp³-hybridized carbons (Fsp3) is 0.296. The van der Waals surface area contributed by atoms with Crippen molar-refractivity contribution in [3.05, 3.63) is 250 Å². The van der Waals surface area contributed by atoms with Gasteiger partial charge in [-0.3, -0.25) is 0 Å². The molecule has 10 aromatic rings. The normalized spacial score (nSPS) is 12.4. The summed E-state index contributed by atoms with van der Waals surface area (Å²) in [5.74, 6) is 3.02. The van der Waals surface area contributed by atoms with Gasteiger partial charge in [-0.25, -0.2) is 14.4 Å². The minimum Gasteiger partial charge on any atom is -0.489 e. The van der Waals surface area contributed by atoms with Crippen LogP contribution in [0.5, 0.6) is 17.2 Å². The molecule has 0 spiro atoms. The van der Waals surface area contributed by atoms with E-state index in [1.807, 2.05) is 130 Å². The Labute approximate surface area is 549 Å². The minimum atomic E-state index is -0.321. The lowest BCUT2D eigenvalue weighted by atomic mass is 9.80. The number of hydrogen-bond donors (Lipinski definition) is 6. The van der Waals surface area contributed by atoms with E-state index in [0.717, 1.165) is 104 Å². The van der Waals surface area contributed by atoms with Crippen molar-refractivity contribution in [1.82, 2.24) is 16.0 Å². The number of benzene rings is 10. The lowest BCUT2D eigenvalue weighted by Crippen LogP contribution is -2.31. The van der Waals surface area contributed by atoms with Gasteiger partial charge in [0, 0.05) is 35.3 Å². The fourth-order valence-electron chi connectivity index (χ4n) is 12.1. The number of hydrogen-bond acceptors (Lipinski definition) is 6. The predicted octanol–water partition coefficient (Wildman–Crippen LogP) is 20.3. The van der Waals surface area contributed by atoms with Crippen molar-refractivity contribution >= 4 is 67.5 Å². The largest absolute Gasteiger partial charge is 0.489 e. The number of carbonyl (C=O) groups excluding carboxylic acids is 3. The van der Waals surface area contributed by atoms with Gasteiger partial charge >= 0.3 is 18.1 Å². The molecule has 0 aliphatic rings. The second-order valence-corrected chi connectivity index (χ2v) is 25.9. The van der Waals surface area contributed by atoms with Crippen molar-refractivity contribution in [3.8, 4) is 17.2 Å². The lowest BCUT2D eigenvalue weighted by Gasteiger charge is -2.29. The first-order valence-electron chi connectivity index (χ1n) is 33.0. The number of urea groups is 3. The van der Waals surface area contributed by atoms with Gasteiger partial charge in [-0.2, -0.15) is 0 Å². The van der Waals surface area contributed by atoms with Gasteiger partial charge in [0.2, 0.25) is 0 Å². The maximum atomic E-state index is 13.7. The van der Waals surface area contributed by atoms with E-state index in [-0.39, 0.29) is 56.0 Å². The molecule has 0 radical (unpaired) electrons. The highest BCUT2D eigenvalue weighted by Gasteiger charge is 2.27. The number of carbonyl (C=O) groups is 3. The minimum absolute atomic E-state index is 0.242. The molecular weight excluding hydrogens is 1150 g/mol. The molecule has 6 amide bonds. The van der Waals surface area contributed by atoms with Crippen molar-refractivity contribution in [2.45, 2.75) is 139 Å². The monoisotopic (exact) mass is 1240 g/mol. The van der Waals surface area contributed by atoms with Gasteiger partial charge in [0.1, 0.15) is 37.1 Å². The van der Waals surface area contributed by atoms with Crippen molar-refractivity contribution in [1.29, 1.82) is 0 Å². The van der Waals surface area contributed by atoms with Crippen molar-refractivity contribution < 1.29 is 28.6 Å². The first-order chi connectivity index (χ1) is 45.0. The molecule has 0 aliphatic heterocycles. The summed E-state index contributed by atoms with van der Waals surface area (Å²) in [5, 5.41) is 25.4. The van der Waals surface area contributed by atoms with Crippen LogP contribution in [-0.2, 0) is 39.1 Å². The van der Waals surface area contributed by atoms with Crippen molar-refractivity contribution in [2.24, 2.45) is 17.8 Å². The van der Waals surface area contributed by atoms with Crippen molar-refractivity contribution in [3.63, 3.8) is 0 Å². The summed E-state index contributed by atoms with van der Waals surface area (Å²) in [6.45, 7) is 20.3. The van der Waals surface area contributed by atoms with Gasteiger partial charge in [-0.05, 0) is 214 Å². The summed E-state index contributed by atoms with van der Waals surface area (Å²) < 4.78 is 20.9. The smallest absolute Gasteiger partial charge is 0.319 e. The zero-order chi connectivity index (χ0) is 65.4. The van der Waals surface area contributed by atoms with E-state index in [9.17, 15) is 14.4 Å². The second kappa shape index (κ2) is 31.5. The van der Waals surface area contributed by atoms with Crippen LogP contribution in [0.1, 0.15) is 150 Å². The number of anilines is 3. The van der Waals surface area contributed by atoms with E-state index in [0.29, 0.717) is 52.1 Å². The highest BCUT2D eigenvalue weighted by atomic mass is 16.5. The third-order valence-electron chi connectivity index (χ3n) is 17.4. The molecule has 3 atom stereocenters. The zero-order valence-electron chi connectivity index (χ0n) is 55.3. The first-order valence-corrected chi connectivity index (χ1v) is 33.0. The summed E-state index contributed by atoms with van der Waals surface area (Å²) in [6.07, 6.45) is 5.12. The van der Waals surface area contributed by atoms with Crippen LogP contribution in [-0.4, -0.2) is 18.1 Å². The molecule has 0 aromatic heterocycles. The summed E-state index contributed by atoms with van der Waals surface area (Å²) >= 11 is 0. The molecule has 480 valence electrons. The topological polar surface area (TPSA) is 151 Å². The van der Waals surface area contributed by atoms with Crippen LogP contribution < -0.4 is 46.1 Å². The molecule has 10 rings (SSSR count). The SMILES string of the molecule is CC(C)CCc1c(COc2cccc(NC(=O)N[C@@H](C)c3ccc4ccccc4c3)c2)c(CCC(C)C)c(COc2cccc(NC(=O)N[C@@H](C)c3ccc4ccccc4c3)c2)c(CCC(C)C)c1COc1cccc(NC(=O)N[C@@H](C)c2ccc3ccccc3c2)c1. The Morgan fingerprint density at radius 2 is 0.570 bits per heavy atom. The van der Waals surface area contributed by atoms with E-state index < -0.39 is 0 Å². The van der Waals surface area contributed by atoms with Gasteiger partial charge in [-0.15, -0.1) is 0 Å². The molecule has 6 N–H and O–H groups in total. The second-order valence-electron chi connectivity index (χ2n) is 25.9. The highest BCUT2D eigenvalue weighted by Crippen LogP contribution is 2.37. The standard InChI is InChI=1S/C81H90N6O6/c1-52(2)31-40-73-76(49-91-70-28-16-25-67(46-70)85-79(88)82-55(7)61-37-34-58-19-10-13-22-64(58)43-61)74(41-32-53(3)4)78(51-93-72-30-18-27-69(48-72)87-81(90)84-57(9)63-39-36-60-21-12-15-24-66(60)45-63)75(42-33-54(5)6)77(73)50-92-71-29-17-26-68(47-71)86-80(89)83-56(8)62-38-35-59-20-11-14-23-65(59)44-62/h10-30,34-39,43-48,52-57H,31-33,40-42,49-51H2,1-9H3,(H2,82,85,88)(H2,83,86,89)(H2,84,87,90)/t55-,56-,57-/m0/s1. The molecule has 0 unspecified atom stereocenters. The predicted molar refractivity (Wildman–Crippen MR) is 382 cm³/mol. The summed E-state index contributed by atoms with van der Waals surface area (Å²) in [7, 11) is 0. The molecule has 0 heterocycles. The molecule has 0 aliphatic carbocycles. The van der Waals surface area contributed by atoms with Gasteiger partial charge in [0.15, 0.2) is 0 Å². The fourth-order valence-corrected chi connectivity index (χ4v) is 12.1. The molecule has 93 heavy (non-hydrogen) atoms. The number of fused-ring (bicyclic) bond motifs is 3. The Kier molecular flexibility index (Phi) is 22.4. The van der Waals surface area contributed by atoms with E-state index >= 15 is 0 Å². The Hall–Kier alpha value is -9.81. The van der Waals surface area contributed by atoms with E-state index in [4.69, 9.17) is 14.2 Å². The number of ether oxygens (including phenoxy) is 3. The Bertz CT molecular complexity index is 3770. The van der Waals surface area contributed by atoms with E-state index in [2.05, 4.69) is 164 Å². The molecule has 0 saturated carbocycles. The molecular formula is C81H90N6O6. The summed E-state index contributed by atoms with van der Waals surface area (Å²) in [5.41, 5.74) is 11.7. The third kappa shape index (κ3) is 18.2. The number of amides is 6. The van der Waals surface area contributed by atoms with Gasteiger partial charge < -0.3 is 46.1 Å². The van der Waals surface area contributed by atoms with E-state index in [1.165, 1.54) is 16.7 Å². The Morgan fingerprint density at radius 3 is 0.839 bits per heavy atom. The lowest BCUT2D eigenvalue weighted by molar-refractivity contribution is 0.248.